The normalized spacial score (nSPS) is 13.0. The number of ether oxygens (including phenoxy) is 1. The Labute approximate surface area is 128 Å². The Balaban J connectivity index is 1.76. The molecule has 0 heterocycles. The molecular weight excluding hydrogens is 305 g/mol. The molecule has 0 aliphatic rings. The van der Waals surface area contributed by atoms with E-state index >= 15 is 0 Å². The maximum absolute atomic E-state index is 11.8. The van der Waals surface area contributed by atoms with Crippen molar-refractivity contribution in [3.8, 4) is 5.75 Å². The molecule has 22 heavy (non-hydrogen) atoms. The number of hydrogen-bond donors (Lipinski definition) is 2. The first-order valence-corrected chi connectivity index (χ1v) is 8.32. The molecule has 2 N–H and O–H groups in total. The molecule has 0 aromatic heterocycles. The molecule has 2 aromatic carbocycles. The van der Waals surface area contributed by atoms with Crippen LogP contribution < -0.4 is 9.84 Å². The van der Waals surface area contributed by atoms with Gasteiger partial charge in [-0.2, -0.15) is 0 Å². The van der Waals surface area contributed by atoms with Crippen LogP contribution in [0, 0.1) is 0 Å². The second-order valence-electron chi connectivity index (χ2n) is 4.44. The minimum atomic E-state index is -3.98. The quantitative estimate of drug-likeness (QED) is 0.799. The summed E-state index contributed by atoms with van der Waals surface area (Å²) in [5, 5.41) is 2.21. The fraction of sp³-hybridized carbons (Fsp3) is 0.133. The monoisotopic (exact) mass is 321 g/mol. The summed E-state index contributed by atoms with van der Waals surface area (Å²) in [6.45, 7) is 0.0853. The van der Waals surface area contributed by atoms with Crippen molar-refractivity contribution in [1.29, 1.82) is 0 Å². The first kappa shape index (κ1) is 16.1. The van der Waals surface area contributed by atoms with Crippen molar-refractivity contribution in [3.63, 3.8) is 0 Å². The molecule has 0 saturated heterocycles. The van der Waals surface area contributed by atoms with Crippen LogP contribution in [0.1, 0.15) is 5.56 Å². The van der Waals surface area contributed by atoms with E-state index in [2.05, 4.69) is 5.32 Å². The van der Waals surface area contributed by atoms with Gasteiger partial charge in [-0.3, -0.25) is 0 Å². The van der Waals surface area contributed by atoms with Crippen molar-refractivity contribution in [2.45, 2.75) is 6.61 Å². The van der Waals surface area contributed by atoms with E-state index in [0.717, 1.165) is 5.56 Å². The minimum Gasteiger partial charge on any atom is -0.445 e. The Bertz CT molecular complexity index is 647. The van der Waals surface area contributed by atoms with Crippen molar-refractivity contribution in [2.24, 2.45) is 0 Å². The predicted molar refractivity (Wildman–Crippen MR) is 81.5 cm³/mol. The van der Waals surface area contributed by atoms with Gasteiger partial charge in [0.1, 0.15) is 18.6 Å². The fourth-order valence-corrected chi connectivity index (χ4v) is 2.46. The summed E-state index contributed by atoms with van der Waals surface area (Å²) < 4.78 is 21.7. The molecule has 1 atom stereocenters. The maximum Gasteiger partial charge on any atom is 0.408 e. The van der Waals surface area contributed by atoms with Gasteiger partial charge in [0.05, 0.1) is 0 Å². The lowest BCUT2D eigenvalue weighted by molar-refractivity contribution is 0.140. The zero-order chi connectivity index (χ0) is 15.8. The van der Waals surface area contributed by atoms with Crippen molar-refractivity contribution in [1.82, 2.24) is 5.32 Å². The smallest absolute Gasteiger partial charge is 0.408 e. The summed E-state index contributed by atoms with van der Waals surface area (Å²) in [6, 6.07) is 17.3. The van der Waals surface area contributed by atoms with Crippen LogP contribution in [-0.4, -0.2) is 17.3 Å². The third-order valence-corrected chi connectivity index (χ3v) is 3.68. The molecule has 0 fully saturated rings. The number of nitrogens with one attached hydrogen (secondary N) is 1. The van der Waals surface area contributed by atoms with Crippen molar-refractivity contribution in [3.05, 3.63) is 66.2 Å². The third-order valence-electron chi connectivity index (χ3n) is 2.63. The molecule has 0 aliphatic heterocycles. The average Bonchev–Trinajstić information content (AvgIpc) is 2.53. The van der Waals surface area contributed by atoms with Gasteiger partial charge < -0.3 is 19.5 Å². The van der Waals surface area contributed by atoms with Gasteiger partial charge in [-0.15, -0.1) is 0 Å². The molecule has 7 heteroatoms. The van der Waals surface area contributed by atoms with E-state index in [9.17, 15) is 14.3 Å². The Morgan fingerprint density at radius 3 is 2.27 bits per heavy atom. The predicted octanol–water partition coefficient (Wildman–Crippen LogP) is 3.13. The van der Waals surface area contributed by atoms with Crippen molar-refractivity contribution >= 4 is 13.7 Å². The standard InChI is InChI=1S/C15H16NO5P/c17-15(20-11-13-7-3-1-4-8-13)16-12-22(18,19)21-14-9-5-2-6-10-14/h1-10H,11-12H2,(H,16,17)(H,18,19). The molecule has 116 valence electrons. The zero-order valence-electron chi connectivity index (χ0n) is 11.7. The largest absolute Gasteiger partial charge is 0.445 e. The summed E-state index contributed by atoms with van der Waals surface area (Å²) in [5.74, 6) is 0.257. The first-order chi connectivity index (χ1) is 10.6. The lowest BCUT2D eigenvalue weighted by Gasteiger charge is -2.14. The minimum absolute atomic E-state index is 0.0853. The highest BCUT2D eigenvalue weighted by molar-refractivity contribution is 7.53. The first-order valence-electron chi connectivity index (χ1n) is 6.56. The van der Waals surface area contributed by atoms with Crippen LogP contribution in [0.4, 0.5) is 4.79 Å². The zero-order valence-corrected chi connectivity index (χ0v) is 12.6. The molecule has 6 nitrogen and oxygen atoms in total. The number of carbonyl (C=O) groups excluding carboxylic acids is 1. The van der Waals surface area contributed by atoms with Crippen molar-refractivity contribution < 1.29 is 23.5 Å². The van der Waals surface area contributed by atoms with E-state index in [0.29, 0.717) is 0 Å². The summed E-state index contributed by atoms with van der Waals surface area (Å²) in [6.07, 6.45) is -1.31. The highest BCUT2D eigenvalue weighted by atomic mass is 31.2. The Morgan fingerprint density at radius 1 is 1.05 bits per heavy atom. The topological polar surface area (TPSA) is 84.9 Å². The van der Waals surface area contributed by atoms with Crippen LogP contribution in [0.15, 0.2) is 60.7 Å². The summed E-state index contributed by atoms with van der Waals surface area (Å²) in [4.78, 5) is 21.2. The van der Waals surface area contributed by atoms with E-state index in [1.54, 1.807) is 30.3 Å². The highest BCUT2D eigenvalue weighted by Gasteiger charge is 2.22. The van der Waals surface area contributed by atoms with Crippen LogP contribution in [0.2, 0.25) is 0 Å². The molecule has 0 aliphatic carbocycles. The van der Waals surface area contributed by atoms with Gasteiger partial charge >= 0.3 is 13.7 Å². The van der Waals surface area contributed by atoms with E-state index in [1.165, 1.54) is 0 Å². The van der Waals surface area contributed by atoms with Gasteiger partial charge in [0, 0.05) is 0 Å². The van der Waals surface area contributed by atoms with E-state index in [1.807, 2.05) is 30.3 Å². The van der Waals surface area contributed by atoms with Gasteiger partial charge in [0.15, 0.2) is 0 Å². The molecule has 2 aromatic rings. The van der Waals surface area contributed by atoms with E-state index in [4.69, 9.17) is 9.26 Å². The lowest BCUT2D eigenvalue weighted by atomic mass is 10.2. The third kappa shape index (κ3) is 5.60. The van der Waals surface area contributed by atoms with E-state index in [-0.39, 0.29) is 12.4 Å². The average molecular weight is 321 g/mol. The maximum atomic E-state index is 11.8. The highest BCUT2D eigenvalue weighted by Crippen LogP contribution is 2.41. The second-order valence-corrected chi connectivity index (χ2v) is 6.21. The van der Waals surface area contributed by atoms with Gasteiger partial charge in [0.2, 0.25) is 0 Å². The van der Waals surface area contributed by atoms with Crippen LogP contribution >= 0.6 is 7.60 Å². The number of carbonyl (C=O) groups is 1. The Hall–Kier alpha value is -2.30. The molecule has 2 rings (SSSR count). The number of alkyl carbamates (subject to hydrolysis) is 1. The Kier molecular flexibility index (Phi) is 5.58. The van der Waals surface area contributed by atoms with Gasteiger partial charge in [-0.25, -0.2) is 9.36 Å². The summed E-state index contributed by atoms with van der Waals surface area (Å²) in [5.41, 5.74) is 0.824. The molecule has 0 spiro atoms. The summed E-state index contributed by atoms with van der Waals surface area (Å²) >= 11 is 0. The number of rotatable bonds is 6. The van der Waals surface area contributed by atoms with Crippen LogP contribution in [-0.2, 0) is 15.9 Å². The van der Waals surface area contributed by atoms with Crippen LogP contribution in [0.3, 0.4) is 0 Å². The fourth-order valence-electron chi connectivity index (χ4n) is 1.62. The molecule has 1 unspecified atom stereocenters. The summed E-state index contributed by atoms with van der Waals surface area (Å²) in [7, 11) is -3.98. The molecule has 0 bridgehead atoms. The van der Waals surface area contributed by atoms with Gasteiger partial charge in [-0.1, -0.05) is 48.5 Å². The lowest BCUT2D eigenvalue weighted by Crippen LogP contribution is -2.26. The number of hydrogen-bond acceptors (Lipinski definition) is 4. The SMILES string of the molecule is O=C(NCP(=O)(O)Oc1ccccc1)OCc1ccccc1. The Morgan fingerprint density at radius 2 is 1.64 bits per heavy atom. The number of amides is 1. The van der Waals surface area contributed by atoms with Crippen molar-refractivity contribution in [2.75, 3.05) is 6.29 Å². The molecular formula is C15H16NO5P. The molecule has 0 saturated carbocycles. The van der Waals surface area contributed by atoms with E-state index < -0.39 is 20.0 Å². The van der Waals surface area contributed by atoms with Crippen LogP contribution in [0.5, 0.6) is 5.75 Å². The number of para-hydroxylation sites is 1. The van der Waals surface area contributed by atoms with Crippen LogP contribution in [0.25, 0.3) is 0 Å². The molecule has 1 amide bonds. The second kappa shape index (κ2) is 7.64. The van der Waals surface area contributed by atoms with Gasteiger partial charge in [-0.05, 0) is 17.7 Å². The molecule has 0 radical (unpaired) electrons. The number of benzene rings is 2. The van der Waals surface area contributed by atoms with Gasteiger partial charge in [0.25, 0.3) is 0 Å².